The van der Waals surface area contributed by atoms with Gasteiger partial charge in [-0.05, 0) is 49.1 Å². The monoisotopic (exact) mass is 244 g/mol. The highest BCUT2D eigenvalue weighted by Crippen LogP contribution is 2.26. The van der Waals surface area contributed by atoms with Crippen LogP contribution in [0.1, 0.15) is 5.56 Å². The van der Waals surface area contributed by atoms with E-state index in [-0.39, 0.29) is 0 Å². The van der Waals surface area contributed by atoms with Gasteiger partial charge in [-0.2, -0.15) is 0 Å². The fourth-order valence-electron chi connectivity index (χ4n) is 1.65. The molecule has 0 radical (unpaired) electrons. The van der Waals surface area contributed by atoms with Gasteiger partial charge in [0.05, 0.1) is 11.4 Å². The zero-order chi connectivity index (χ0) is 12.3. The van der Waals surface area contributed by atoms with E-state index in [1.807, 2.05) is 31.2 Å². The van der Waals surface area contributed by atoms with Gasteiger partial charge in [-0.25, -0.2) is 0 Å². The maximum atomic E-state index is 5.97. The van der Waals surface area contributed by atoms with E-state index in [0.717, 1.165) is 17.1 Å². The quantitative estimate of drug-likeness (QED) is 0.632. The molecule has 0 spiro atoms. The van der Waals surface area contributed by atoms with Gasteiger partial charge in [-0.3, -0.25) is 0 Å². The number of benzene rings is 2. The highest BCUT2D eigenvalue weighted by Gasteiger charge is 2.00. The molecule has 2 nitrogen and oxygen atoms in total. The minimum Gasteiger partial charge on any atom is -0.397 e. The molecule has 0 unspecified atom stereocenters. The molecule has 0 heterocycles. The van der Waals surface area contributed by atoms with E-state index in [1.165, 1.54) is 10.5 Å². The van der Waals surface area contributed by atoms with Gasteiger partial charge < -0.3 is 11.1 Å². The lowest BCUT2D eigenvalue weighted by Crippen LogP contribution is -1.96. The van der Waals surface area contributed by atoms with Crippen LogP contribution in [0.3, 0.4) is 0 Å². The number of nitrogens with two attached hydrogens (primary N) is 1. The summed E-state index contributed by atoms with van der Waals surface area (Å²) in [5.74, 6) is 0. The number of aryl methyl sites for hydroxylation is 1. The Balaban J connectivity index is 2.25. The Morgan fingerprint density at radius 2 is 1.94 bits per heavy atom. The average Bonchev–Trinajstić information content (AvgIpc) is 2.33. The van der Waals surface area contributed by atoms with Crippen LogP contribution >= 0.6 is 11.8 Å². The molecule has 3 N–H and O–H groups in total. The van der Waals surface area contributed by atoms with Gasteiger partial charge in [0.1, 0.15) is 0 Å². The summed E-state index contributed by atoms with van der Waals surface area (Å²) in [6.45, 7) is 2.04. The number of nitrogens with one attached hydrogen (secondary N) is 1. The van der Waals surface area contributed by atoms with Crippen molar-refractivity contribution in [3.05, 3.63) is 48.0 Å². The highest BCUT2D eigenvalue weighted by molar-refractivity contribution is 7.98. The second kappa shape index (κ2) is 5.15. The van der Waals surface area contributed by atoms with Gasteiger partial charge in [-0.15, -0.1) is 11.8 Å². The van der Waals surface area contributed by atoms with Crippen LogP contribution in [0.5, 0.6) is 0 Å². The Labute approximate surface area is 106 Å². The van der Waals surface area contributed by atoms with Crippen LogP contribution < -0.4 is 11.1 Å². The SMILES string of the molecule is CSc1cccc(Nc2ccc(C)cc2N)c1. The lowest BCUT2D eigenvalue weighted by atomic mass is 10.2. The first kappa shape index (κ1) is 11.9. The van der Waals surface area contributed by atoms with Gasteiger partial charge in [0, 0.05) is 10.6 Å². The molecular formula is C14H16N2S. The summed E-state index contributed by atoms with van der Waals surface area (Å²) in [6.07, 6.45) is 2.07. The van der Waals surface area contributed by atoms with Crippen molar-refractivity contribution in [2.75, 3.05) is 17.3 Å². The Morgan fingerprint density at radius 3 is 2.65 bits per heavy atom. The van der Waals surface area contributed by atoms with Crippen LogP contribution in [-0.4, -0.2) is 6.26 Å². The van der Waals surface area contributed by atoms with E-state index >= 15 is 0 Å². The zero-order valence-electron chi connectivity index (χ0n) is 10.0. The van der Waals surface area contributed by atoms with Crippen molar-refractivity contribution in [2.45, 2.75) is 11.8 Å². The molecule has 0 saturated heterocycles. The topological polar surface area (TPSA) is 38.0 Å². The maximum absolute atomic E-state index is 5.97. The van der Waals surface area contributed by atoms with E-state index in [1.54, 1.807) is 11.8 Å². The molecule has 2 aromatic rings. The predicted molar refractivity (Wildman–Crippen MR) is 77.1 cm³/mol. The van der Waals surface area contributed by atoms with E-state index in [2.05, 4.69) is 29.8 Å². The van der Waals surface area contributed by atoms with E-state index in [0.29, 0.717) is 0 Å². The molecule has 0 fully saturated rings. The van der Waals surface area contributed by atoms with Crippen molar-refractivity contribution < 1.29 is 0 Å². The van der Waals surface area contributed by atoms with Gasteiger partial charge in [0.2, 0.25) is 0 Å². The minimum atomic E-state index is 0.777. The summed E-state index contributed by atoms with van der Waals surface area (Å²) in [5, 5.41) is 3.34. The van der Waals surface area contributed by atoms with Crippen LogP contribution in [0.25, 0.3) is 0 Å². The smallest absolute Gasteiger partial charge is 0.0618 e. The van der Waals surface area contributed by atoms with Crippen LogP contribution in [0.15, 0.2) is 47.4 Å². The zero-order valence-corrected chi connectivity index (χ0v) is 10.8. The van der Waals surface area contributed by atoms with E-state index in [4.69, 9.17) is 5.73 Å². The third-order valence-electron chi connectivity index (χ3n) is 2.56. The molecule has 0 aliphatic heterocycles. The Kier molecular flexibility index (Phi) is 3.59. The number of nitrogen functional groups attached to an aromatic ring is 1. The van der Waals surface area contributed by atoms with Crippen LogP contribution in [0.4, 0.5) is 17.1 Å². The highest BCUT2D eigenvalue weighted by atomic mass is 32.2. The molecule has 0 aromatic heterocycles. The summed E-state index contributed by atoms with van der Waals surface area (Å²) >= 11 is 1.73. The fourth-order valence-corrected chi connectivity index (χ4v) is 2.11. The molecule has 0 atom stereocenters. The van der Waals surface area contributed by atoms with Crippen LogP contribution in [0.2, 0.25) is 0 Å². The Morgan fingerprint density at radius 1 is 1.12 bits per heavy atom. The standard InChI is InChI=1S/C14H16N2S/c1-10-6-7-14(13(15)8-10)16-11-4-3-5-12(9-11)17-2/h3-9,16H,15H2,1-2H3. The third-order valence-corrected chi connectivity index (χ3v) is 3.28. The largest absolute Gasteiger partial charge is 0.397 e. The first-order valence-electron chi connectivity index (χ1n) is 5.46. The van der Waals surface area contributed by atoms with Crippen molar-refractivity contribution in [3.8, 4) is 0 Å². The molecule has 0 amide bonds. The summed E-state index contributed by atoms with van der Waals surface area (Å²) in [7, 11) is 0. The van der Waals surface area contributed by atoms with Crippen molar-refractivity contribution >= 4 is 28.8 Å². The number of hydrogen-bond acceptors (Lipinski definition) is 3. The summed E-state index contributed by atoms with van der Waals surface area (Å²) < 4.78 is 0. The molecule has 2 aromatic carbocycles. The maximum Gasteiger partial charge on any atom is 0.0618 e. The molecule has 0 saturated carbocycles. The molecular weight excluding hydrogens is 228 g/mol. The Hall–Kier alpha value is -1.61. The van der Waals surface area contributed by atoms with Crippen molar-refractivity contribution in [2.24, 2.45) is 0 Å². The van der Waals surface area contributed by atoms with Gasteiger partial charge in [-0.1, -0.05) is 12.1 Å². The van der Waals surface area contributed by atoms with E-state index in [9.17, 15) is 0 Å². The fraction of sp³-hybridized carbons (Fsp3) is 0.143. The van der Waals surface area contributed by atoms with Crippen LogP contribution in [0, 0.1) is 6.92 Å². The first-order chi connectivity index (χ1) is 8.19. The average molecular weight is 244 g/mol. The van der Waals surface area contributed by atoms with Crippen molar-refractivity contribution in [3.63, 3.8) is 0 Å². The molecule has 0 aliphatic carbocycles. The van der Waals surface area contributed by atoms with E-state index < -0.39 is 0 Å². The number of hydrogen-bond donors (Lipinski definition) is 2. The number of rotatable bonds is 3. The second-order valence-corrected chi connectivity index (χ2v) is 4.83. The van der Waals surface area contributed by atoms with Crippen LogP contribution in [-0.2, 0) is 0 Å². The molecule has 2 rings (SSSR count). The number of thioether (sulfide) groups is 1. The van der Waals surface area contributed by atoms with Gasteiger partial charge in [0.15, 0.2) is 0 Å². The van der Waals surface area contributed by atoms with Crippen molar-refractivity contribution in [1.82, 2.24) is 0 Å². The minimum absolute atomic E-state index is 0.777. The summed E-state index contributed by atoms with van der Waals surface area (Å²) in [6, 6.07) is 14.3. The predicted octanol–water partition coefficient (Wildman–Crippen LogP) is 4.04. The lowest BCUT2D eigenvalue weighted by Gasteiger charge is -2.10. The van der Waals surface area contributed by atoms with Gasteiger partial charge >= 0.3 is 0 Å². The number of anilines is 3. The second-order valence-electron chi connectivity index (χ2n) is 3.95. The third kappa shape index (κ3) is 2.94. The molecule has 3 heteroatoms. The lowest BCUT2D eigenvalue weighted by molar-refractivity contribution is 1.42. The molecule has 88 valence electrons. The first-order valence-corrected chi connectivity index (χ1v) is 6.69. The summed E-state index contributed by atoms with van der Waals surface area (Å²) in [4.78, 5) is 1.24. The molecule has 0 aliphatic rings. The normalized spacial score (nSPS) is 10.2. The molecule has 17 heavy (non-hydrogen) atoms. The summed E-state index contributed by atoms with van der Waals surface area (Å²) in [5.41, 5.74) is 9.94. The Bertz CT molecular complexity index is 523. The molecule has 0 bridgehead atoms. The van der Waals surface area contributed by atoms with Gasteiger partial charge in [0.25, 0.3) is 0 Å². The van der Waals surface area contributed by atoms with Crippen molar-refractivity contribution in [1.29, 1.82) is 0 Å².